The minimum atomic E-state index is 0.430. The van der Waals surface area contributed by atoms with E-state index in [0.29, 0.717) is 17.2 Å². The molecule has 0 amide bonds. The van der Waals surface area contributed by atoms with Crippen LogP contribution < -0.4 is 11.1 Å². The quantitative estimate of drug-likeness (QED) is 0.501. The number of aromatic nitrogens is 3. The smallest absolute Gasteiger partial charge is 0.140 e. The molecule has 2 aromatic heterocycles. The third kappa shape index (κ3) is 4.37. The zero-order valence-corrected chi connectivity index (χ0v) is 15.6. The molecule has 0 aliphatic heterocycles. The number of anilines is 3. The number of nitrogen functional groups attached to an aromatic ring is 1. The van der Waals surface area contributed by atoms with Crippen LogP contribution in [-0.4, -0.2) is 15.0 Å². The van der Waals surface area contributed by atoms with Crippen LogP contribution in [0.15, 0.2) is 79.3 Å². The molecule has 0 aliphatic carbocycles. The number of hydrogen-bond acceptors (Lipinski definition) is 6. The number of rotatable bonds is 5. The van der Waals surface area contributed by atoms with Gasteiger partial charge in [-0.1, -0.05) is 30.3 Å². The number of hydrogen-bond donors (Lipinski definition) is 2. The standard InChI is InChI=1S/C23H18N6/c24-14-19-12-17(9-10-26-19)11-16-5-7-18(8-6-16)29-23-13-22(27-15-28-23)20-3-1-2-4-21(20)25/h1-10,12-13,15H,11,25H2,(H,27,28,29). The Balaban J connectivity index is 1.48. The third-order valence-corrected chi connectivity index (χ3v) is 4.48. The molecule has 2 aromatic carbocycles. The molecule has 0 aliphatic rings. The normalized spacial score (nSPS) is 10.3. The second kappa shape index (κ2) is 8.19. The summed E-state index contributed by atoms with van der Waals surface area (Å²) in [6.07, 6.45) is 3.92. The first-order valence-electron chi connectivity index (χ1n) is 9.09. The van der Waals surface area contributed by atoms with Crippen LogP contribution in [0.25, 0.3) is 11.3 Å². The summed E-state index contributed by atoms with van der Waals surface area (Å²) in [5.41, 5.74) is 11.9. The van der Waals surface area contributed by atoms with Crippen molar-refractivity contribution in [1.82, 2.24) is 15.0 Å². The Bertz CT molecular complexity index is 1180. The van der Waals surface area contributed by atoms with E-state index in [4.69, 9.17) is 11.0 Å². The lowest BCUT2D eigenvalue weighted by molar-refractivity contribution is 1.14. The van der Waals surface area contributed by atoms with Gasteiger partial charge in [-0.05, 0) is 47.9 Å². The fourth-order valence-corrected chi connectivity index (χ4v) is 3.04. The molecule has 3 N–H and O–H groups in total. The predicted octanol–water partition coefficient (Wildman–Crippen LogP) is 4.33. The van der Waals surface area contributed by atoms with Crippen LogP contribution in [0.5, 0.6) is 0 Å². The minimum Gasteiger partial charge on any atom is -0.398 e. The van der Waals surface area contributed by atoms with Crippen molar-refractivity contribution in [1.29, 1.82) is 5.26 Å². The molecule has 0 saturated heterocycles. The van der Waals surface area contributed by atoms with Gasteiger partial charge in [0.15, 0.2) is 0 Å². The Morgan fingerprint density at radius 1 is 0.897 bits per heavy atom. The number of pyridine rings is 1. The van der Waals surface area contributed by atoms with E-state index in [1.165, 1.54) is 6.33 Å². The molecule has 4 aromatic rings. The third-order valence-electron chi connectivity index (χ3n) is 4.48. The molecule has 0 atom stereocenters. The van der Waals surface area contributed by atoms with Gasteiger partial charge in [-0.3, -0.25) is 0 Å². The topological polar surface area (TPSA) is 101 Å². The van der Waals surface area contributed by atoms with Gasteiger partial charge in [0.1, 0.15) is 23.9 Å². The van der Waals surface area contributed by atoms with E-state index in [1.54, 1.807) is 6.20 Å². The summed E-state index contributed by atoms with van der Waals surface area (Å²) in [7, 11) is 0. The number of nitrogens with zero attached hydrogens (tertiary/aromatic N) is 4. The zero-order chi connectivity index (χ0) is 20.1. The number of para-hydroxylation sites is 1. The maximum atomic E-state index is 8.97. The highest BCUT2D eigenvalue weighted by Crippen LogP contribution is 2.26. The molecule has 140 valence electrons. The van der Waals surface area contributed by atoms with E-state index in [2.05, 4.69) is 26.3 Å². The average molecular weight is 378 g/mol. The second-order valence-electron chi connectivity index (χ2n) is 6.54. The first kappa shape index (κ1) is 18.1. The lowest BCUT2D eigenvalue weighted by Crippen LogP contribution is -1.97. The molecule has 6 heteroatoms. The summed E-state index contributed by atoms with van der Waals surface area (Å²) in [5.74, 6) is 0.693. The number of nitrogens with one attached hydrogen (secondary N) is 1. The minimum absolute atomic E-state index is 0.430. The van der Waals surface area contributed by atoms with Gasteiger partial charge in [0, 0.05) is 29.2 Å². The fourth-order valence-electron chi connectivity index (χ4n) is 3.04. The molecule has 0 saturated carbocycles. The SMILES string of the molecule is N#Cc1cc(Cc2ccc(Nc3cc(-c4ccccc4N)ncn3)cc2)ccn1. The molecule has 0 radical (unpaired) electrons. The van der Waals surface area contributed by atoms with Gasteiger partial charge in [-0.2, -0.15) is 5.26 Å². The molecular weight excluding hydrogens is 360 g/mol. The second-order valence-corrected chi connectivity index (χ2v) is 6.54. The van der Waals surface area contributed by atoms with Crippen LogP contribution in [0.2, 0.25) is 0 Å². The molecule has 2 heterocycles. The van der Waals surface area contributed by atoms with Crippen LogP contribution in [0.4, 0.5) is 17.2 Å². The van der Waals surface area contributed by atoms with E-state index in [0.717, 1.165) is 34.5 Å². The Hall–Kier alpha value is -4.24. The molecule has 0 bridgehead atoms. The van der Waals surface area contributed by atoms with E-state index >= 15 is 0 Å². The van der Waals surface area contributed by atoms with Gasteiger partial charge >= 0.3 is 0 Å². The fraction of sp³-hybridized carbons (Fsp3) is 0.0435. The van der Waals surface area contributed by atoms with Crippen molar-refractivity contribution in [3.63, 3.8) is 0 Å². The van der Waals surface area contributed by atoms with Gasteiger partial charge in [0.2, 0.25) is 0 Å². The van der Waals surface area contributed by atoms with Crippen LogP contribution >= 0.6 is 0 Å². The highest BCUT2D eigenvalue weighted by Gasteiger charge is 2.06. The van der Waals surface area contributed by atoms with Crippen molar-refractivity contribution < 1.29 is 0 Å². The van der Waals surface area contributed by atoms with Gasteiger partial charge in [0.05, 0.1) is 5.69 Å². The molecule has 0 unspecified atom stereocenters. The van der Waals surface area contributed by atoms with Crippen molar-refractivity contribution >= 4 is 17.2 Å². The largest absolute Gasteiger partial charge is 0.398 e. The van der Waals surface area contributed by atoms with E-state index in [-0.39, 0.29) is 0 Å². The van der Waals surface area contributed by atoms with Gasteiger partial charge in [-0.15, -0.1) is 0 Å². The van der Waals surface area contributed by atoms with Gasteiger partial charge in [-0.25, -0.2) is 15.0 Å². The molecule has 29 heavy (non-hydrogen) atoms. The lowest BCUT2D eigenvalue weighted by Gasteiger charge is -2.09. The maximum absolute atomic E-state index is 8.97. The predicted molar refractivity (Wildman–Crippen MR) is 113 cm³/mol. The Labute approximate surface area is 168 Å². The van der Waals surface area contributed by atoms with Crippen molar-refractivity contribution in [2.45, 2.75) is 6.42 Å². The average Bonchev–Trinajstić information content (AvgIpc) is 2.76. The van der Waals surface area contributed by atoms with Crippen molar-refractivity contribution in [2.75, 3.05) is 11.1 Å². The Kier molecular flexibility index (Phi) is 5.12. The summed E-state index contributed by atoms with van der Waals surface area (Å²) >= 11 is 0. The first-order chi connectivity index (χ1) is 14.2. The summed E-state index contributed by atoms with van der Waals surface area (Å²) in [6, 6.07) is 23.4. The number of nitriles is 1. The monoisotopic (exact) mass is 378 g/mol. The maximum Gasteiger partial charge on any atom is 0.140 e. The van der Waals surface area contributed by atoms with Gasteiger partial charge in [0.25, 0.3) is 0 Å². The zero-order valence-electron chi connectivity index (χ0n) is 15.6. The van der Waals surface area contributed by atoms with E-state index < -0.39 is 0 Å². The lowest BCUT2D eigenvalue weighted by atomic mass is 10.1. The highest BCUT2D eigenvalue weighted by atomic mass is 15.0. The highest BCUT2D eigenvalue weighted by molar-refractivity contribution is 5.75. The van der Waals surface area contributed by atoms with E-state index in [1.807, 2.05) is 66.7 Å². The van der Waals surface area contributed by atoms with Crippen molar-refractivity contribution in [3.05, 3.63) is 96.1 Å². The van der Waals surface area contributed by atoms with Crippen molar-refractivity contribution in [3.8, 4) is 17.3 Å². The molecule has 0 fully saturated rings. The Morgan fingerprint density at radius 3 is 2.52 bits per heavy atom. The summed E-state index contributed by atoms with van der Waals surface area (Å²) in [4.78, 5) is 12.6. The molecule has 6 nitrogen and oxygen atoms in total. The van der Waals surface area contributed by atoms with Crippen LogP contribution in [0.3, 0.4) is 0 Å². The first-order valence-corrected chi connectivity index (χ1v) is 9.09. The Morgan fingerprint density at radius 2 is 1.72 bits per heavy atom. The van der Waals surface area contributed by atoms with Crippen LogP contribution in [-0.2, 0) is 6.42 Å². The molecular formula is C23H18N6. The number of benzene rings is 2. The molecule has 4 rings (SSSR count). The van der Waals surface area contributed by atoms with Crippen LogP contribution in [0.1, 0.15) is 16.8 Å². The summed E-state index contributed by atoms with van der Waals surface area (Å²) < 4.78 is 0. The van der Waals surface area contributed by atoms with Gasteiger partial charge < -0.3 is 11.1 Å². The number of nitrogens with two attached hydrogens (primary N) is 1. The van der Waals surface area contributed by atoms with E-state index in [9.17, 15) is 0 Å². The van der Waals surface area contributed by atoms with Crippen LogP contribution in [0, 0.1) is 11.3 Å². The molecule has 0 spiro atoms. The van der Waals surface area contributed by atoms with Crippen molar-refractivity contribution in [2.24, 2.45) is 0 Å². The summed E-state index contributed by atoms with van der Waals surface area (Å²) in [6.45, 7) is 0. The summed E-state index contributed by atoms with van der Waals surface area (Å²) in [5, 5.41) is 12.3.